The van der Waals surface area contributed by atoms with Crippen LogP contribution in [0.25, 0.3) is 0 Å². The molecule has 1 atom stereocenters. The highest BCUT2D eigenvalue weighted by molar-refractivity contribution is 5.76. The molecule has 52 valence electrons. The van der Waals surface area contributed by atoms with Crippen molar-refractivity contribution in [1.29, 1.82) is 0 Å². The zero-order valence-corrected chi connectivity index (χ0v) is 5.25. The summed E-state index contributed by atoms with van der Waals surface area (Å²) in [5, 5.41) is 8.15. The van der Waals surface area contributed by atoms with Gasteiger partial charge in [-0.05, 0) is 6.92 Å². The molecule has 0 unspecified atom stereocenters. The lowest BCUT2D eigenvalue weighted by Gasteiger charge is -2.04. The molecule has 0 radical (unpaired) electrons. The third-order valence-electron chi connectivity index (χ3n) is 0.691. The van der Waals surface area contributed by atoms with Gasteiger partial charge in [-0.1, -0.05) is 0 Å². The van der Waals surface area contributed by atoms with Crippen molar-refractivity contribution in [3.63, 3.8) is 0 Å². The number of aliphatic carboxylic acids is 1. The molecule has 4 heteroatoms. The number of hydrogen-bond acceptors (Lipinski definition) is 3. The maximum Gasteiger partial charge on any atom is 0.344 e. The molecule has 0 aromatic rings. The van der Waals surface area contributed by atoms with E-state index in [1.165, 1.54) is 13.8 Å². The summed E-state index contributed by atoms with van der Waals surface area (Å²) in [6, 6.07) is 0. The second kappa shape index (κ2) is 3.06. The molecule has 9 heavy (non-hydrogen) atoms. The summed E-state index contributed by atoms with van der Waals surface area (Å²) in [6.45, 7) is 2.46. The molecular formula is C5H8O4. The van der Waals surface area contributed by atoms with Crippen LogP contribution in [0.3, 0.4) is 0 Å². The Labute approximate surface area is 52.4 Å². The molecule has 0 aromatic carbocycles. The number of carboxylic acid groups (broad SMARTS) is 1. The molecule has 1 N–H and O–H groups in total. The van der Waals surface area contributed by atoms with E-state index in [1.54, 1.807) is 0 Å². The second-order valence-corrected chi connectivity index (χ2v) is 1.59. The molecule has 0 saturated heterocycles. The van der Waals surface area contributed by atoms with Gasteiger partial charge >= 0.3 is 11.9 Å². The number of ether oxygens (including phenoxy) is 1. The summed E-state index contributed by atoms with van der Waals surface area (Å²) < 4.78 is 4.27. The van der Waals surface area contributed by atoms with E-state index in [1.807, 2.05) is 0 Å². The maximum absolute atomic E-state index is 10.1. The zero-order chi connectivity index (χ0) is 7.44. The molecule has 0 amide bonds. The monoisotopic (exact) mass is 132 g/mol. The smallest absolute Gasteiger partial charge is 0.344 e. The first-order valence-electron chi connectivity index (χ1n) is 2.44. The number of carbonyl (C=O) groups is 2. The van der Waals surface area contributed by atoms with E-state index in [2.05, 4.69) is 4.74 Å². The van der Waals surface area contributed by atoms with Crippen LogP contribution in [0.2, 0.25) is 0 Å². The minimum atomic E-state index is -1.13. The first kappa shape index (κ1) is 7.94. The third-order valence-corrected chi connectivity index (χ3v) is 0.691. The van der Waals surface area contributed by atoms with Gasteiger partial charge in [-0.3, -0.25) is 4.79 Å². The highest BCUT2D eigenvalue weighted by Gasteiger charge is 2.12. The van der Waals surface area contributed by atoms with Crippen molar-refractivity contribution in [2.24, 2.45) is 0 Å². The predicted molar refractivity (Wildman–Crippen MR) is 28.9 cm³/mol. The van der Waals surface area contributed by atoms with Crippen molar-refractivity contribution < 1.29 is 19.4 Å². The fourth-order valence-corrected chi connectivity index (χ4v) is 0.299. The lowest BCUT2D eigenvalue weighted by molar-refractivity contribution is -0.161. The molecular weight excluding hydrogens is 124 g/mol. The van der Waals surface area contributed by atoms with Crippen molar-refractivity contribution in [2.75, 3.05) is 0 Å². The van der Waals surface area contributed by atoms with Crippen LogP contribution in [0.15, 0.2) is 0 Å². The van der Waals surface area contributed by atoms with Crippen molar-refractivity contribution in [3.05, 3.63) is 0 Å². The van der Waals surface area contributed by atoms with Gasteiger partial charge in [0.05, 0.1) is 0 Å². The van der Waals surface area contributed by atoms with Gasteiger partial charge in [-0.15, -0.1) is 0 Å². The van der Waals surface area contributed by atoms with Gasteiger partial charge in [0.1, 0.15) is 0 Å². The number of esters is 1. The molecule has 0 bridgehead atoms. The average Bonchev–Trinajstić information content (AvgIpc) is 1.63. The van der Waals surface area contributed by atoms with Gasteiger partial charge in [-0.2, -0.15) is 0 Å². The Balaban J connectivity index is 3.63. The summed E-state index contributed by atoms with van der Waals surface area (Å²) in [6.07, 6.45) is -1.04. The normalized spacial score (nSPS) is 12.2. The third kappa shape index (κ3) is 3.52. The topological polar surface area (TPSA) is 63.6 Å². The van der Waals surface area contributed by atoms with Crippen molar-refractivity contribution in [2.45, 2.75) is 20.0 Å². The number of carboxylic acids is 1. The first-order valence-corrected chi connectivity index (χ1v) is 2.44. The molecule has 0 saturated carbocycles. The van der Waals surface area contributed by atoms with E-state index in [0.29, 0.717) is 0 Å². The van der Waals surface area contributed by atoms with Crippen LogP contribution in [0.5, 0.6) is 0 Å². The predicted octanol–water partition coefficient (Wildman–Crippen LogP) is 0.0226. The lowest BCUT2D eigenvalue weighted by Crippen LogP contribution is -2.21. The minimum Gasteiger partial charge on any atom is -0.479 e. The minimum absolute atomic E-state index is 0.579. The van der Waals surface area contributed by atoms with Gasteiger partial charge < -0.3 is 9.84 Å². The Bertz CT molecular complexity index is 129. The Kier molecular flexibility index (Phi) is 2.70. The Hall–Kier alpha value is -1.06. The summed E-state index contributed by atoms with van der Waals surface area (Å²) in [4.78, 5) is 20.0. The molecule has 0 fully saturated rings. The van der Waals surface area contributed by atoms with Gasteiger partial charge in [0.15, 0.2) is 6.10 Å². The van der Waals surface area contributed by atoms with Crippen LogP contribution < -0.4 is 0 Å². The quantitative estimate of drug-likeness (QED) is 0.538. The van der Waals surface area contributed by atoms with Gasteiger partial charge in [0.2, 0.25) is 0 Å². The summed E-state index contributed by atoms with van der Waals surface area (Å²) in [5.74, 6) is -1.71. The van der Waals surface area contributed by atoms with Crippen LogP contribution in [0.4, 0.5) is 0 Å². The Morgan fingerprint density at radius 2 is 2.00 bits per heavy atom. The fraction of sp³-hybridized carbons (Fsp3) is 0.600. The van der Waals surface area contributed by atoms with E-state index in [4.69, 9.17) is 5.11 Å². The van der Waals surface area contributed by atoms with E-state index < -0.39 is 18.0 Å². The molecule has 0 rings (SSSR count). The van der Waals surface area contributed by atoms with Crippen LogP contribution in [0, 0.1) is 0 Å². The summed E-state index contributed by atoms with van der Waals surface area (Å²) >= 11 is 0. The molecule has 0 spiro atoms. The zero-order valence-electron chi connectivity index (χ0n) is 5.25. The van der Waals surface area contributed by atoms with Crippen molar-refractivity contribution >= 4 is 11.9 Å². The molecule has 0 aliphatic heterocycles. The van der Waals surface area contributed by atoms with Gasteiger partial charge in [0, 0.05) is 6.92 Å². The van der Waals surface area contributed by atoms with Crippen molar-refractivity contribution in [3.8, 4) is 0 Å². The maximum atomic E-state index is 10.1. The fourth-order valence-electron chi connectivity index (χ4n) is 0.299. The second-order valence-electron chi connectivity index (χ2n) is 1.59. The Morgan fingerprint density at radius 1 is 1.56 bits per heavy atom. The number of hydrogen-bond donors (Lipinski definition) is 1. The van der Waals surface area contributed by atoms with E-state index >= 15 is 0 Å². The van der Waals surface area contributed by atoms with Crippen LogP contribution in [0.1, 0.15) is 13.8 Å². The SMILES string of the molecule is CC(=O)O[C@H](C)C(=O)O. The van der Waals surface area contributed by atoms with Crippen LogP contribution >= 0.6 is 0 Å². The van der Waals surface area contributed by atoms with E-state index in [9.17, 15) is 9.59 Å². The average molecular weight is 132 g/mol. The van der Waals surface area contributed by atoms with E-state index in [-0.39, 0.29) is 0 Å². The molecule has 0 aliphatic carbocycles. The van der Waals surface area contributed by atoms with Crippen LogP contribution in [-0.2, 0) is 14.3 Å². The largest absolute Gasteiger partial charge is 0.479 e. The lowest BCUT2D eigenvalue weighted by atomic mass is 10.4. The van der Waals surface area contributed by atoms with E-state index in [0.717, 1.165) is 0 Å². The summed E-state index contributed by atoms with van der Waals surface area (Å²) in [7, 11) is 0. The van der Waals surface area contributed by atoms with Crippen molar-refractivity contribution in [1.82, 2.24) is 0 Å². The van der Waals surface area contributed by atoms with Crippen LogP contribution in [-0.4, -0.2) is 23.1 Å². The standard InChI is InChI=1S/C5H8O4/c1-3(5(7)8)9-4(2)6/h3H,1-2H3,(H,7,8)/t3-/m1/s1. The summed E-state index contributed by atoms with van der Waals surface area (Å²) in [5.41, 5.74) is 0. The number of rotatable bonds is 2. The molecule has 0 heterocycles. The van der Waals surface area contributed by atoms with Gasteiger partial charge in [-0.25, -0.2) is 4.79 Å². The van der Waals surface area contributed by atoms with Gasteiger partial charge in [0.25, 0.3) is 0 Å². The number of carbonyl (C=O) groups excluding carboxylic acids is 1. The molecule has 0 aromatic heterocycles. The molecule has 0 aliphatic rings. The first-order chi connectivity index (χ1) is 4.04. The highest BCUT2D eigenvalue weighted by atomic mass is 16.6. The highest BCUT2D eigenvalue weighted by Crippen LogP contribution is 1.89. The molecule has 4 nitrogen and oxygen atoms in total. The Morgan fingerprint density at radius 3 is 2.11 bits per heavy atom.